The molecular weight excluding hydrogens is 616 g/mol. The zero-order chi connectivity index (χ0) is 33.8. The molecule has 240 valence electrons. The molecular formula is C32H33N4O9S+. The van der Waals surface area contributed by atoms with Crippen molar-refractivity contribution < 1.29 is 42.2 Å². The van der Waals surface area contributed by atoms with Crippen molar-refractivity contribution in [3.63, 3.8) is 0 Å². The Hall–Kier alpha value is -5.29. The molecule has 14 heteroatoms. The fraction of sp³-hybridized carbons (Fsp3) is 0.312. The van der Waals surface area contributed by atoms with Gasteiger partial charge in [-0.2, -0.15) is 0 Å². The molecule has 2 amide bonds. The molecule has 2 heterocycles. The van der Waals surface area contributed by atoms with Gasteiger partial charge >= 0.3 is 17.6 Å². The van der Waals surface area contributed by atoms with Crippen molar-refractivity contribution >= 4 is 50.3 Å². The van der Waals surface area contributed by atoms with Gasteiger partial charge in [0.1, 0.15) is 5.41 Å². The second-order valence-corrected chi connectivity index (χ2v) is 12.3. The summed E-state index contributed by atoms with van der Waals surface area (Å²) in [4.78, 5) is 56.9. The van der Waals surface area contributed by atoms with Crippen LogP contribution in [-0.2, 0) is 45.1 Å². The van der Waals surface area contributed by atoms with Crippen LogP contribution in [0.1, 0.15) is 44.4 Å². The molecule has 0 bridgehead atoms. The summed E-state index contributed by atoms with van der Waals surface area (Å²) in [6.07, 6.45) is -0.342. The maximum Gasteiger partial charge on any atom is 0.506 e. The van der Waals surface area contributed by atoms with Gasteiger partial charge in [0.2, 0.25) is 23.0 Å². The van der Waals surface area contributed by atoms with Gasteiger partial charge in [0, 0.05) is 11.9 Å². The summed E-state index contributed by atoms with van der Waals surface area (Å²) in [6.45, 7) is 6.75. The fourth-order valence-corrected chi connectivity index (χ4v) is 7.33. The number of likely N-dealkylation sites (tertiary alicyclic amines) is 1. The van der Waals surface area contributed by atoms with E-state index in [1.807, 2.05) is 0 Å². The Labute approximate surface area is 265 Å². The lowest BCUT2D eigenvalue weighted by molar-refractivity contribution is -0.155. The molecule has 1 aliphatic rings. The number of fused-ring (bicyclic) bond motifs is 1. The first-order valence-corrected chi connectivity index (χ1v) is 15.9. The van der Waals surface area contributed by atoms with E-state index < -0.39 is 57.1 Å². The molecule has 0 radical (unpaired) electrons. The summed E-state index contributed by atoms with van der Waals surface area (Å²) in [5.74, 6) is -4.53. The van der Waals surface area contributed by atoms with Crippen LogP contribution in [-0.4, -0.2) is 66.4 Å². The number of benzene rings is 2. The molecule has 1 unspecified atom stereocenters. The molecule has 1 aliphatic heterocycles. The monoisotopic (exact) mass is 649 g/mol. The predicted octanol–water partition coefficient (Wildman–Crippen LogP) is 4.34. The smallest absolute Gasteiger partial charge is 0.504 e. The number of imide groups is 1. The van der Waals surface area contributed by atoms with E-state index in [1.54, 1.807) is 43.3 Å². The molecule has 46 heavy (non-hydrogen) atoms. The molecule has 0 saturated carbocycles. The second-order valence-electron chi connectivity index (χ2n) is 10.5. The number of amides is 2. The van der Waals surface area contributed by atoms with Crippen LogP contribution in [0.3, 0.4) is 0 Å². The number of methoxy groups -OCH3 is 1. The third-order valence-corrected chi connectivity index (χ3v) is 9.78. The van der Waals surface area contributed by atoms with E-state index >= 15 is 0 Å². The van der Waals surface area contributed by atoms with Gasteiger partial charge in [-0.05, 0) is 49.9 Å². The van der Waals surface area contributed by atoms with Crippen LogP contribution < -0.4 is 0 Å². The Morgan fingerprint density at radius 2 is 1.72 bits per heavy atom. The Bertz CT molecular complexity index is 1920. The first-order valence-electron chi connectivity index (χ1n) is 14.4. The van der Waals surface area contributed by atoms with Crippen LogP contribution in [0.2, 0.25) is 0 Å². The molecule has 1 aromatic heterocycles. The Morgan fingerprint density at radius 3 is 2.33 bits per heavy atom. The molecule has 4 rings (SSSR count). The Balaban J connectivity index is 1.88. The van der Waals surface area contributed by atoms with Gasteiger partial charge in [-0.1, -0.05) is 49.9 Å². The molecule has 1 fully saturated rings. The van der Waals surface area contributed by atoms with Crippen molar-refractivity contribution in [2.45, 2.75) is 44.4 Å². The lowest BCUT2D eigenvalue weighted by Crippen LogP contribution is -2.52. The minimum Gasteiger partial charge on any atom is -0.504 e. The molecule has 13 nitrogen and oxygen atoms in total. The van der Waals surface area contributed by atoms with Gasteiger partial charge in [-0.3, -0.25) is 14.5 Å². The summed E-state index contributed by atoms with van der Waals surface area (Å²) >= 11 is 0. The fourth-order valence-electron chi connectivity index (χ4n) is 5.74. The van der Waals surface area contributed by atoms with Crippen molar-refractivity contribution in [2.24, 2.45) is 5.41 Å². The number of piperidine rings is 1. The van der Waals surface area contributed by atoms with Crippen molar-refractivity contribution in [2.75, 3.05) is 20.3 Å². The number of aromatic nitrogens is 1. The molecule has 0 aliphatic carbocycles. The Kier molecular flexibility index (Phi) is 9.77. The highest BCUT2D eigenvalue weighted by Gasteiger charge is 2.53. The number of esters is 2. The van der Waals surface area contributed by atoms with E-state index in [2.05, 4.69) is 11.6 Å². The molecule has 0 spiro atoms. The van der Waals surface area contributed by atoms with E-state index in [4.69, 9.17) is 9.47 Å². The number of para-hydroxylation sites is 1. The van der Waals surface area contributed by atoms with E-state index in [-0.39, 0.29) is 59.7 Å². The minimum atomic E-state index is -4.35. The summed E-state index contributed by atoms with van der Waals surface area (Å²) in [5.41, 5.74) is -2.90. The van der Waals surface area contributed by atoms with E-state index in [0.29, 0.717) is 5.39 Å². The van der Waals surface area contributed by atoms with Gasteiger partial charge in [-0.25, -0.2) is 22.0 Å². The zero-order valence-corrected chi connectivity index (χ0v) is 26.4. The quantitative estimate of drug-likeness (QED) is 0.144. The molecule has 1 N–H and O–H groups in total. The number of hydrogen-bond acceptors (Lipinski definition) is 10. The number of rotatable bonds is 10. The van der Waals surface area contributed by atoms with Crippen LogP contribution >= 0.6 is 0 Å². The van der Waals surface area contributed by atoms with Crippen molar-refractivity contribution in [3.8, 4) is 0 Å². The topological polar surface area (TPSA) is 177 Å². The average Bonchev–Trinajstić information content (AvgIpc) is 3.39. The normalized spacial score (nSPS) is 17.2. The number of ether oxygens (including phenoxy) is 2. The SMILES string of the molecule is C=C(C(=O)OC)c1c(CC(=O)N2CCCC(CC)(/C(O)=C(\[N+]#N)C(=O)OCC)C2=O)c2ccccc2n1S(=O)(=O)c1ccccc1. The lowest BCUT2D eigenvalue weighted by Gasteiger charge is -2.38. The second kappa shape index (κ2) is 13.4. The van der Waals surface area contributed by atoms with Gasteiger partial charge in [-0.15, -0.1) is 0 Å². The van der Waals surface area contributed by atoms with Gasteiger partial charge in [0.05, 0.1) is 41.8 Å². The van der Waals surface area contributed by atoms with Gasteiger partial charge < -0.3 is 14.6 Å². The number of diazo groups is 1. The van der Waals surface area contributed by atoms with Crippen LogP contribution in [0.4, 0.5) is 0 Å². The highest BCUT2D eigenvalue weighted by Crippen LogP contribution is 2.43. The number of carbonyl (C=O) groups is 4. The number of aliphatic hydroxyl groups excluding tert-OH is 1. The predicted molar refractivity (Wildman–Crippen MR) is 166 cm³/mol. The van der Waals surface area contributed by atoms with E-state index in [9.17, 15) is 38.1 Å². The van der Waals surface area contributed by atoms with Crippen LogP contribution in [0.15, 0.2) is 77.5 Å². The summed E-state index contributed by atoms with van der Waals surface area (Å²) < 4.78 is 38.8. The highest BCUT2D eigenvalue weighted by molar-refractivity contribution is 7.90. The minimum absolute atomic E-state index is 0.0371. The number of aliphatic hydroxyl groups is 1. The van der Waals surface area contributed by atoms with Gasteiger partial charge in [0.25, 0.3) is 10.0 Å². The summed E-state index contributed by atoms with van der Waals surface area (Å²) in [6, 6.07) is 13.8. The van der Waals surface area contributed by atoms with Crippen LogP contribution in [0, 0.1) is 10.8 Å². The number of nitrogens with zero attached hydrogens (tertiary/aromatic N) is 4. The average molecular weight is 650 g/mol. The highest BCUT2D eigenvalue weighted by atomic mass is 32.2. The lowest BCUT2D eigenvalue weighted by atomic mass is 9.74. The third-order valence-electron chi connectivity index (χ3n) is 8.05. The molecule has 1 saturated heterocycles. The maximum atomic E-state index is 14.1. The number of hydrogen-bond donors (Lipinski definition) is 1. The van der Waals surface area contributed by atoms with E-state index in [0.717, 1.165) is 16.0 Å². The maximum absolute atomic E-state index is 14.1. The summed E-state index contributed by atoms with van der Waals surface area (Å²) in [7, 11) is -3.25. The summed E-state index contributed by atoms with van der Waals surface area (Å²) in [5, 5.41) is 20.9. The standard InChI is InChI=1S/C32H32N4O9S/c1-5-32(28(38)26(34-33)30(40)45-6-2)17-12-18-35(31(32)41)25(37)19-23-22-15-10-11-16-24(22)36(27(23)20(3)29(39)44-4)46(42,43)21-13-8-7-9-14-21/h7-11,13-16H,3,5-6,12,17-19H2,1-2,4H3/p+1. The Morgan fingerprint density at radius 1 is 1.07 bits per heavy atom. The number of carbonyl (C=O) groups excluding carboxylic acids is 4. The van der Waals surface area contributed by atoms with Crippen molar-refractivity contribution in [3.05, 3.63) is 88.9 Å². The zero-order valence-electron chi connectivity index (χ0n) is 25.6. The van der Waals surface area contributed by atoms with E-state index in [1.165, 1.54) is 25.1 Å². The first kappa shape index (κ1) is 33.6. The molecule has 1 atom stereocenters. The van der Waals surface area contributed by atoms with Crippen LogP contribution in [0.25, 0.3) is 21.5 Å². The van der Waals surface area contributed by atoms with Crippen molar-refractivity contribution in [1.82, 2.24) is 8.87 Å². The van der Waals surface area contributed by atoms with Crippen molar-refractivity contribution in [1.29, 1.82) is 5.39 Å². The van der Waals surface area contributed by atoms with Gasteiger partial charge in [0.15, 0.2) is 4.98 Å². The largest absolute Gasteiger partial charge is 0.506 e. The first-order chi connectivity index (χ1) is 21.9. The molecule has 3 aromatic rings. The third kappa shape index (κ3) is 5.65. The van der Waals surface area contributed by atoms with Crippen LogP contribution in [0.5, 0.6) is 0 Å². The molecule has 2 aromatic carbocycles.